The summed E-state index contributed by atoms with van der Waals surface area (Å²) in [6.45, 7) is 1.92. The van der Waals surface area contributed by atoms with Gasteiger partial charge in [0.15, 0.2) is 0 Å². The van der Waals surface area contributed by atoms with Crippen molar-refractivity contribution in [1.29, 1.82) is 0 Å². The molecule has 4 aromatic carbocycles. The fraction of sp³-hybridized carbons (Fsp3) is 0.171. The molecule has 0 aliphatic carbocycles. The van der Waals surface area contributed by atoms with Crippen molar-refractivity contribution < 1.29 is 28.6 Å². The minimum absolute atomic E-state index is 0.000610. The predicted octanol–water partition coefficient (Wildman–Crippen LogP) is 7.28. The molecule has 1 unspecified atom stereocenters. The second-order valence-electron chi connectivity index (χ2n) is 9.82. The number of hydrogen-bond acceptors (Lipinski definition) is 7. The molecule has 11 heteroatoms. The SMILES string of the molecule is CCC(Sc1cccc(NC(=O)/C(=C\c2ccc(OC)cc2OC)NC(=O)c2ccccc2)c1)C(=O)Nc1ccc(OC)c(Cl)c1. The first kappa shape index (κ1) is 34.0. The number of methoxy groups -OCH3 is 3. The van der Waals surface area contributed by atoms with Crippen LogP contribution in [0.25, 0.3) is 6.08 Å². The van der Waals surface area contributed by atoms with Gasteiger partial charge in [-0.3, -0.25) is 14.4 Å². The highest BCUT2D eigenvalue weighted by Crippen LogP contribution is 2.31. The standard InChI is InChI=1S/C35H34ClN3O6S/c1-5-32(35(42)38-25-15-17-30(44-3)28(36)20-25)46-27-13-9-12-24(19-27)37-34(41)29(39-33(40)22-10-7-6-8-11-22)18-23-14-16-26(43-2)21-31(23)45-4/h6-21,32H,5H2,1-4H3,(H,37,41)(H,38,42)(H,39,40)/b29-18+. The molecule has 9 nitrogen and oxygen atoms in total. The fourth-order valence-corrected chi connectivity index (χ4v) is 5.61. The van der Waals surface area contributed by atoms with E-state index in [9.17, 15) is 14.4 Å². The van der Waals surface area contributed by atoms with Crippen molar-refractivity contribution in [2.75, 3.05) is 32.0 Å². The topological polar surface area (TPSA) is 115 Å². The molecule has 0 aliphatic rings. The Hall–Kier alpha value is -4.93. The summed E-state index contributed by atoms with van der Waals surface area (Å²) in [4.78, 5) is 40.6. The summed E-state index contributed by atoms with van der Waals surface area (Å²) >= 11 is 7.58. The molecule has 3 N–H and O–H groups in total. The molecule has 46 heavy (non-hydrogen) atoms. The molecular weight excluding hydrogens is 626 g/mol. The number of thioether (sulfide) groups is 1. The Morgan fingerprint density at radius 2 is 1.54 bits per heavy atom. The number of nitrogens with one attached hydrogen (secondary N) is 3. The number of carbonyl (C=O) groups is 3. The van der Waals surface area contributed by atoms with Crippen LogP contribution in [0.2, 0.25) is 5.02 Å². The number of benzene rings is 4. The molecule has 0 saturated heterocycles. The molecule has 238 valence electrons. The Morgan fingerprint density at radius 1 is 0.804 bits per heavy atom. The van der Waals surface area contributed by atoms with Crippen LogP contribution >= 0.6 is 23.4 Å². The molecule has 0 bridgehead atoms. The average molecular weight is 660 g/mol. The fourth-order valence-electron chi connectivity index (χ4n) is 4.33. The zero-order chi connectivity index (χ0) is 33.1. The van der Waals surface area contributed by atoms with Crippen LogP contribution in [0.15, 0.2) is 102 Å². The Balaban J connectivity index is 1.54. The summed E-state index contributed by atoms with van der Waals surface area (Å²) in [5.74, 6) is 0.359. The third-order valence-electron chi connectivity index (χ3n) is 6.72. The lowest BCUT2D eigenvalue weighted by Gasteiger charge is -2.16. The van der Waals surface area contributed by atoms with E-state index >= 15 is 0 Å². The Kier molecular flexibility index (Phi) is 12.1. The van der Waals surface area contributed by atoms with E-state index in [4.69, 9.17) is 25.8 Å². The first-order chi connectivity index (χ1) is 22.2. The second-order valence-corrected chi connectivity index (χ2v) is 11.5. The van der Waals surface area contributed by atoms with E-state index < -0.39 is 17.1 Å². The van der Waals surface area contributed by atoms with E-state index in [1.165, 1.54) is 32.1 Å². The van der Waals surface area contributed by atoms with Crippen molar-refractivity contribution in [2.24, 2.45) is 0 Å². The maximum atomic E-state index is 13.6. The van der Waals surface area contributed by atoms with Gasteiger partial charge in [0.1, 0.15) is 22.9 Å². The number of halogens is 1. The number of amides is 3. The highest BCUT2D eigenvalue weighted by Gasteiger charge is 2.20. The first-order valence-corrected chi connectivity index (χ1v) is 15.5. The van der Waals surface area contributed by atoms with E-state index in [1.54, 1.807) is 92.0 Å². The number of rotatable bonds is 13. The lowest BCUT2D eigenvalue weighted by molar-refractivity contribution is -0.116. The summed E-state index contributed by atoms with van der Waals surface area (Å²) < 4.78 is 16.0. The minimum atomic E-state index is -0.550. The zero-order valence-electron chi connectivity index (χ0n) is 25.8. The normalized spacial score (nSPS) is 11.6. The third-order valence-corrected chi connectivity index (χ3v) is 8.38. The van der Waals surface area contributed by atoms with Gasteiger partial charge in [-0.25, -0.2) is 0 Å². The van der Waals surface area contributed by atoms with Crippen LogP contribution in [0, 0.1) is 0 Å². The molecule has 4 aromatic rings. The van der Waals surface area contributed by atoms with Crippen molar-refractivity contribution in [3.63, 3.8) is 0 Å². The maximum absolute atomic E-state index is 13.6. The predicted molar refractivity (Wildman–Crippen MR) is 183 cm³/mol. The van der Waals surface area contributed by atoms with Crippen molar-refractivity contribution >= 4 is 58.5 Å². The van der Waals surface area contributed by atoms with E-state index in [1.807, 2.05) is 13.0 Å². The minimum Gasteiger partial charge on any atom is -0.497 e. The third kappa shape index (κ3) is 9.06. The molecular formula is C35H34ClN3O6S. The van der Waals surface area contributed by atoms with Crippen LogP contribution in [0.4, 0.5) is 11.4 Å². The molecule has 0 radical (unpaired) electrons. The number of carbonyl (C=O) groups excluding carboxylic acids is 3. The van der Waals surface area contributed by atoms with Crippen LogP contribution in [0.3, 0.4) is 0 Å². The second kappa shape index (κ2) is 16.4. The first-order valence-electron chi connectivity index (χ1n) is 14.3. The van der Waals surface area contributed by atoms with Gasteiger partial charge in [-0.2, -0.15) is 0 Å². The maximum Gasteiger partial charge on any atom is 0.272 e. The van der Waals surface area contributed by atoms with Crippen LogP contribution < -0.4 is 30.2 Å². The summed E-state index contributed by atoms with van der Waals surface area (Å²) in [5, 5.41) is 8.48. The Bertz CT molecular complexity index is 1730. The lowest BCUT2D eigenvalue weighted by atomic mass is 10.1. The molecule has 0 fully saturated rings. The van der Waals surface area contributed by atoms with Gasteiger partial charge in [0.2, 0.25) is 5.91 Å². The molecule has 4 rings (SSSR count). The molecule has 1 atom stereocenters. The van der Waals surface area contributed by atoms with Gasteiger partial charge in [-0.05, 0) is 73.2 Å². The Labute approximate surface area is 277 Å². The summed E-state index contributed by atoms with van der Waals surface area (Å²) in [5.41, 5.74) is 1.98. The van der Waals surface area contributed by atoms with Gasteiger partial charge < -0.3 is 30.2 Å². The smallest absolute Gasteiger partial charge is 0.272 e. The van der Waals surface area contributed by atoms with E-state index in [-0.39, 0.29) is 11.6 Å². The van der Waals surface area contributed by atoms with Gasteiger partial charge in [-0.1, -0.05) is 42.8 Å². The quantitative estimate of drug-likeness (QED) is 0.102. The molecule has 0 aliphatic heterocycles. The van der Waals surface area contributed by atoms with E-state index in [2.05, 4.69) is 16.0 Å². The molecule has 3 amide bonds. The van der Waals surface area contributed by atoms with Crippen LogP contribution in [0.1, 0.15) is 29.3 Å². The summed E-state index contributed by atoms with van der Waals surface area (Å²) in [6.07, 6.45) is 2.09. The number of hydrogen-bond donors (Lipinski definition) is 3. The van der Waals surface area contributed by atoms with Crippen LogP contribution in [-0.4, -0.2) is 44.3 Å². The van der Waals surface area contributed by atoms with Gasteiger partial charge in [0, 0.05) is 33.5 Å². The van der Waals surface area contributed by atoms with Gasteiger partial charge >= 0.3 is 0 Å². The van der Waals surface area contributed by atoms with Crippen molar-refractivity contribution in [3.05, 3.63) is 113 Å². The zero-order valence-corrected chi connectivity index (χ0v) is 27.3. The van der Waals surface area contributed by atoms with Gasteiger partial charge in [0.25, 0.3) is 11.8 Å². The molecule has 0 heterocycles. The van der Waals surface area contributed by atoms with E-state index in [0.29, 0.717) is 51.2 Å². The highest BCUT2D eigenvalue weighted by molar-refractivity contribution is 8.00. The van der Waals surface area contributed by atoms with E-state index in [0.717, 1.165) is 4.90 Å². The van der Waals surface area contributed by atoms with Crippen molar-refractivity contribution in [1.82, 2.24) is 5.32 Å². The van der Waals surface area contributed by atoms with Crippen LogP contribution in [0.5, 0.6) is 17.2 Å². The summed E-state index contributed by atoms with van der Waals surface area (Å²) in [6, 6.07) is 25.9. The highest BCUT2D eigenvalue weighted by atomic mass is 35.5. The monoisotopic (exact) mass is 659 g/mol. The van der Waals surface area contributed by atoms with Gasteiger partial charge in [-0.15, -0.1) is 11.8 Å². The molecule has 0 aromatic heterocycles. The van der Waals surface area contributed by atoms with Crippen molar-refractivity contribution in [3.8, 4) is 17.2 Å². The largest absolute Gasteiger partial charge is 0.497 e. The van der Waals surface area contributed by atoms with Crippen molar-refractivity contribution in [2.45, 2.75) is 23.5 Å². The lowest BCUT2D eigenvalue weighted by Crippen LogP contribution is -2.30. The van der Waals surface area contributed by atoms with Gasteiger partial charge in [0.05, 0.1) is 31.6 Å². The molecule has 0 spiro atoms. The number of ether oxygens (including phenoxy) is 3. The van der Waals surface area contributed by atoms with Crippen LogP contribution in [-0.2, 0) is 9.59 Å². The molecule has 0 saturated carbocycles. The Morgan fingerprint density at radius 3 is 2.22 bits per heavy atom. The number of anilines is 2. The average Bonchev–Trinajstić information content (AvgIpc) is 3.07. The summed E-state index contributed by atoms with van der Waals surface area (Å²) in [7, 11) is 4.57.